The molecular formula is C18H16N4O3S. The number of carbonyl (C=O) groups is 2. The van der Waals surface area contributed by atoms with E-state index in [1.54, 1.807) is 30.5 Å². The highest BCUT2D eigenvalue weighted by molar-refractivity contribution is 7.13. The number of nitrogens with zero attached hydrogens (tertiary/aromatic N) is 2. The topological polar surface area (TPSA) is 93.2 Å². The summed E-state index contributed by atoms with van der Waals surface area (Å²) in [6.07, 6.45) is 1.84. The van der Waals surface area contributed by atoms with Gasteiger partial charge in [-0.1, -0.05) is 6.07 Å². The second kappa shape index (κ2) is 8.21. The van der Waals surface area contributed by atoms with Gasteiger partial charge in [0.1, 0.15) is 5.82 Å². The van der Waals surface area contributed by atoms with Crippen LogP contribution in [0.5, 0.6) is 0 Å². The zero-order valence-corrected chi connectivity index (χ0v) is 14.7. The molecule has 0 atom stereocenters. The minimum atomic E-state index is -0.418. The van der Waals surface area contributed by atoms with Crippen molar-refractivity contribution >= 4 is 39.9 Å². The maximum atomic E-state index is 12.2. The van der Waals surface area contributed by atoms with Crippen molar-refractivity contribution < 1.29 is 14.3 Å². The number of thiazole rings is 1. The van der Waals surface area contributed by atoms with Gasteiger partial charge in [-0.3, -0.25) is 4.79 Å². The van der Waals surface area contributed by atoms with Crippen molar-refractivity contribution in [1.82, 2.24) is 9.97 Å². The van der Waals surface area contributed by atoms with E-state index in [1.807, 2.05) is 23.6 Å². The van der Waals surface area contributed by atoms with Crippen molar-refractivity contribution in [2.45, 2.75) is 6.42 Å². The van der Waals surface area contributed by atoms with Gasteiger partial charge < -0.3 is 15.4 Å². The average molecular weight is 368 g/mol. The molecule has 0 saturated heterocycles. The molecule has 3 rings (SSSR count). The van der Waals surface area contributed by atoms with Gasteiger partial charge in [0, 0.05) is 17.3 Å². The van der Waals surface area contributed by atoms with Crippen LogP contribution in [-0.4, -0.2) is 29.0 Å². The molecule has 2 N–H and O–H groups in total. The Morgan fingerprint density at radius 3 is 2.65 bits per heavy atom. The molecule has 0 aliphatic carbocycles. The standard InChI is InChI=1S/C18H16N4O3S/c1-25-17(24)12-5-7-13(8-6-12)20-16(23)10-14-11-26-18(21-14)22-15-4-2-3-9-19-15/h2-9,11H,10H2,1H3,(H,20,23)(H,19,21,22). The molecule has 0 aliphatic heterocycles. The Hall–Kier alpha value is -3.26. The van der Waals surface area contributed by atoms with Crippen molar-refractivity contribution in [1.29, 1.82) is 0 Å². The molecule has 0 unspecified atom stereocenters. The summed E-state index contributed by atoms with van der Waals surface area (Å²) in [5.41, 5.74) is 1.69. The Kier molecular flexibility index (Phi) is 5.55. The fraction of sp³-hybridized carbons (Fsp3) is 0.111. The number of aromatic nitrogens is 2. The Morgan fingerprint density at radius 2 is 1.96 bits per heavy atom. The summed E-state index contributed by atoms with van der Waals surface area (Å²) < 4.78 is 4.64. The predicted molar refractivity (Wildman–Crippen MR) is 99.7 cm³/mol. The third-order valence-corrected chi connectivity index (χ3v) is 4.19. The van der Waals surface area contributed by atoms with Crippen LogP contribution in [0.4, 0.5) is 16.6 Å². The Bertz CT molecular complexity index is 894. The lowest BCUT2D eigenvalue weighted by molar-refractivity contribution is -0.115. The summed E-state index contributed by atoms with van der Waals surface area (Å²) in [5, 5.41) is 8.36. The Labute approximate surface area is 154 Å². The molecular weight excluding hydrogens is 352 g/mol. The van der Waals surface area contributed by atoms with Gasteiger partial charge in [-0.05, 0) is 36.4 Å². The second-order valence-corrected chi connectivity index (χ2v) is 6.14. The molecule has 1 aromatic carbocycles. The summed E-state index contributed by atoms with van der Waals surface area (Å²) in [4.78, 5) is 32.1. The van der Waals surface area contributed by atoms with E-state index in [1.165, 1.54) is 18.4 Å². The van der Waals surface area contributed by atoms with E-state index in [9.17, 15) is 9.59 Å². The molecule has 1 amide bonds. The molecule has 0 saturated carbocycles. The molecule has 132 valence electrons. The highest BCUT2D eigenvalue weighted by atomic mass is 32.1. The monoisotopic (exact) mass is 368 g/mol. The van der Waals surface area contributed by atoms with Gasteiger partial charge in [-0.15, -0.1) is 11.3 Å². The molecule has 26 heavy (non-hydrogen) atoms. The highest BCUT2D eigenvalue weighted by Crippen LogP contribution is 2.20. The Balaban J connectivity index is 1.56. The van der Waals surface area contributed by atoms with Gasteiger partial charge in [0.05, 0.1) is 24.8 Å². The third-order valence-electron chi connectivity index (χ3n) is 3.38. The van der Waals surface area contributed by atoms with E-state index in [4.69, 9.17) is 0 Å². The van der Waals surface area contributed by atoms with Gasteiger partial charge in [-0.2, -0.15) is 0 Å². The SMILES string of the molecule is COC(=O)c1ccc(NC(=O)Cc2csc(Nc3ccccn3)n2)cc1. The van der Waals surface area contributed by atoms with Crippen molar-refractivity contribution in [2.24, 2.45) is 0 Å². The van der Waals surface area contributed by atoms with Gasteiger partial charge >= 0.3 is 5.97 Å². The number of anilines is 3. The molecule has 2 aromatic heterocycles. The average Bonchev–Trinajstić information content (AvgIpc) is 3.09. The number of ether oxygens (including phenoxy) is 1. The highest BCUT2D eigenvalue weighted by Gasteiger charge is 2.10. The number of benzene rings is 1. The van der Waals surface area contributed by atoms with E-state index < -0.39 is 5.97 Å². The van der Waals surface area contributed by atoms with Crippen molar-refractivity contribution in [3.8, 4) is 0 Å². The predicted octanol–water partition coefficient (Wildman–Crippen LogP) is 3.25. The first kappa shape index (κ1) is 17.6. The number of carbonyl (C=O) groups excluding carboxylic acids is 2. The molecule has 0 bridgehead atoms. The van der Waals surface area contributed by atoms with Crippen LogP contribution in [-0.2, 0) is 16.0 Å². The van der Waals surface area contributed by atoms with Crippen LogP contribution in [0.2, 0.25) is 0 Å². The lowest BCUT2D eigenvalue weighted by atomic mass is 10.2. The van der Waals surface area contributed by atoms with E-state index in [-0.39, 0.29) is 12.3 Å². The Morgan fingerprint density at radius 1 is 1.15 bits per heavy atom. The maximum absolute atomic E-state index is 12.2. The lowest BCUT2D eigenvalue weighted by Crippen LogP contribution is -2.14. The number of methoxy groups -OCH3 is 1. The molecule has 0 aliphatic rings. The number of rotatable bonds is 6. The largest absolute Gasteiger partial charge is 0.465 e. The van der Waals surface area contributed by atoms with Crippen molar-refractivity contribution in [2.75, 3.05) is 17.7 Å². The van der Waals surface area contributed by atoms with Crippen LogP contribution in [0.1, 0.15) is 16.1 Å². The summed E-state index contributed by atoms with van der Waals surface area (Å²) >= 11 is 1.41. The van der Waals surface area contributed by atoms with Gasteiger partial charge in [0.15, 0.2) is 5.13 Å². The zero-order chi connectivity index (χ0) is 18.4. The summed E-state index contributed by atoms with van der Waals surface area (Å²) in [6.45, 7) is 0. The molecule has 0 fully saturated rings. The van der Waals surface area contributed by atoms with E-state index in [0.717, 1.165) is 0 Å². The van der Waals surface area contributed by atoms with Gasteiger partial charge in [0.2, 0.25) is 5.91 Å². The van der Waals surface area contributed by atoms with Crippen molar-refractivity contribution in [3.05, 3.63) is 65.3 Å². The minimum absolute atomic E-state index is 0.152. The second-order valence-electron chi connectivity index (χ2n) is 5.28. The molecule has 0 spiro atoms. The van der Waals surface area contributed by atoms with Crippen LogP contribution < -0.4 is 10.6 Å². The minimum Gasteiger partial charge on any atom is -0.465 e. The van der Waals surface area contributed by atoms with Crippen LogP contribution >= 0.6 is 11.3 Å². The van der Waals surface area contributed by atoms with E-state index in [2.05, 4.69) is 25.3 Å². The number of esters is 1. The third kappa shape index (κ3) is 4.64. The number of pyridine rings is 1. The number of hydrogen-bond donors (Lipinski definition) is 2. The van der Waals surface area contributed by atoms with E-state index >= 15 is 0 Å². The first-order chi connectivity index (χ1) is 12.6. The van der Waals surface area contributed by atoms with Gasteiger partial charge in [0.25, 0.3) is 0 Å². The molecule has 2 heterocycles. The van der Waals surface area contributed by atoms with Crippen LogP contribution in [0.15, 0.2) is 54.0 Å². The summed E-state index contributed by atoms with van der Waals surface area (Å²) in [7, 11) is 1.32. The van der Waals surface area contributed by atoms with Crippen LogP contribution in [0.3, 0.4) is 0 Å². The molecule has 3 aromatic rings. The first-order valence-electron chi connectivity index (χ1n) is 7.75. The fourth-order valence-corrected chi connectivity index (χ4v) is 2.89. The smallest absolute Gasteiger partial charge is 0.337 e. The normalized spacial score (nSPS) is 10.2. The first-order valence-corrected chi connectivity index (χ1v) is 8.62. The molecule has 8 heteroatoms. The lowest BCUT2D eigenvalue weighted by Gasteiger charge is -2.05. The van der Waals surface area contributed by atoms with Crippen LogP contribution in [0, 0.1) is 0 Å². The maximum Gasteiger partial charge on any atom is 0.337 e. The van der Waals surface area contributed by atoms with Crippen LogP contribution in [0.25, 0.3) is 0 Å². The van der Waals surface area contributed by atoms with Gasteiger partial charge in [-0.25, -0.2) is 14.8 Å². The molecule has 0 radical (unpaired) electrons. The zero-order valence-electron chi connectivity index (χ0n) is 13.9. The van der Waals surface area contributed by atoms with Crippen molar-refractivity contribution in [3.63, 3.8) is 0 Å². The fourth-order valence-electron chi connectivity index (χ4n) is 2.17. The molecule has 7 nitrogen and oxygen atoms in total. The quantitative estimate of drug-likeness (QED) is 0.649. The summed E-state index contributed by atoms with van der Waals surface area (Å²) in [6, 6.07) is 12.0. The number of hydrogen-bond acceptors (Lipinski definition) is 7. The summed E-state index contributed by atoms with van der Waals surface area (Å²) in [5.74, 6) is 0.0901. The number of nitrogens with one attached hydrogen (secondary N) is 2. The number of amides is 1. The van der Waals surface area contributed by atoms with E-state index in [0.29, 0.717) is 27.9 Å².